The standard InChI is InChI=1S/C13H14N4O2/c1-10(18)16-4-6-17(7-5-16)13(19)11-2-3-12(8-14)15-9-11/h2-3,9H,4-7H2,1H3. The maximum absolute atomic E-state index is 12.2. The van der Waals surface area contributed by atoms with Crippen LogP contribution < -0.4 is 0 Å². The maximum atomic E-state index is 12.2. The number of carbonyl (C=O) groups excluding carboxylic acids is 2. The van der Waals surface area contributed by atoms with Crippen molar-refractivity contribution >= 4 is 11.8 Å². The molecule has 0 unspecified atom stereocenters. The molecular formula is C13H14N4O2. The molecule has 0 spiro atoms. The van der Waals surface area contributed by atoms with Gasteiger partial charge < -0.3 is 9.80 Å². The van der Waals surface area contributed by atoms with E-state index in [1.165, 1.54) is 19.2 Å². The summed E-state index contributed by atoms with van der Waals surface area (Å²) in [6, 6.07) is 5.04. The van der Waals surface area contributed by atoms with E-state index in [9.17, 15) is 9.59 Å². The van der Waals surface area contributed by atoms with Gasteiger partial charge in [0.25, 0.3) is 5.91 Å². The topological polar surface area (TPSA) is 77.3 Å². The summed E-state index contributed by atoms with van der Waals surface area (Å²) in [6.45, 7) is 3.70. The summed E-state index contributed by atoms with van der Waals surface area (Å²) in [5.41, 5.74) is 0.758. The number of piperazine rings is 1. The third-order valence-corrected chi connectivity index (χ3v) is 3.14. The monoisotopic (exact) mass is 258 g/mol. The fourth-order valence-corrected chi connectivity index (χ4v) is 1.99. The molecule has 0 saturated carbocycles. The predicted octanol–water partition coefficient (Wildman–Crippen LogP) is 0.258. The molecule has 19 heavy (non-hydrogen) atoms. The molecule has 1 aromatic rings. The van der Waals surface area contributed by atoms with Gasteiger partial charge in [-0.25, -0.2) is 4.98 Å². The van der Waals surface area contributed by atoms with Crippen LogP contribution in [0.25, 0.3) is 0 Å². The third-order valence-electron chi connectivity index (χ3n) is 3.14. The van der Waals surface area contributed by atoms with Crippen molar-refractivity contribution in [3.05, 3.63) is 29.6 Å². The molecule has 1 aliphatic heterocycles. The van der Waals surface area contributed by atoms with Gasteiger partial charge in [-0.15, -0.1) is 0 Å². The predicted molar refractivity (Wildman–Crippen MR) is 67.1 cm³/mol. The van der Waals surface area contributed by atoms with Crippen molar-refractivity contribution in [2.45, 2.75) is 6.92 Å². The Morgan fingerprint density at radius 1 is 1.21 bits per heavy atom. The van der Waals surface area contributed by atoms with Crippen molar-refractivity contribution in [3.8, 4) is 6.07 Å². The number of hydrogen-bond acceptors (Lipinski definition) is 4. The van der Waals surface area contributed by atoms with E-state index in [1.54, 1.807) is 15.9 Å². The van der Waals surface area contributed by atoms with E-state index in [0.29, 0.717) is 31.7 Å². The van der Waals surface area contributed by atoms with Crippen molar-refractivity contribution in [1.82, 2.24) is 14.8 Å². The highest BCUT2D eigenvalue weighted by atomic mass is 16.2. The molecule has 98 valence electrons. The zero-order chi connectivity index (χ0) is 13.8. The van der Waals surface area contributed by atoms with E-state index < -0.39 is 0 Å². The summed E-state index contributed by atoms with van der Waals surface area (Å²) in [7, 11) is 0. The largest absolute Gasteiger partial charge is 0.339 e. The second-order valence-electron chi connectivity index (χ2n) is 4.34. The zero-order valence-electron chi connectivity index (χ0n) is 10.7. The van der Waals surface area contributed by atoms with Crippen LogP contribution in [0.2, 0.25) is 0 Å². The van der Waals surface area contributed by atoms with E-state index in [-0.39, 0.29) is 17.5 Å². The Kier molecular flexibility index (Phi) is 3.76. The Morgan fingerprint density at radius 2 is 1.84 bits per heavy atom. The molecule has 1 fully saturated rings. The van der Waals surface area contributed by atoms with E-state index >= 15 is 0 Å². The Balaban J connectivity index is 2.01. The van der Waals surface area contributed by atoms with Crippen LogP contribution in [0.4, 0.5) is 0 Å². The van der Waals surface area contributed by atoms with Crippen molar-refractivity contribution in [2.75, 3.05) is 26.2 Å². The number of aromatic nitrogens is 1. The van der Waals surface area contributed by atoms with Crippen molar-refractivity contribution in [1.29, 1.82) is 5.26 Å². The molecule has 0 atom stereocenters. The molecule has 6 nitrogen and oxygen atoms in total. The summed E-state index contributed by atoms with van der Waals surface area (Å²) >= 11 is 0. The Hall–Kier alpha value is -2.42. The van der Waals surface area contributed by atoms with E-state index in [0.717, 1.165) is 0 Å². The first-order valence-corrected chi connectivity index (χ1v) is 6.03. The van der Waals surface area contributed by atoms with Gasteiger partial charge in [-0.1, -0.05) is 0 Å². The highest BCUT2D eigenvalue weighted by Gasteiger charge is 2.23. The first-order chi connectivity index (χ1) is 9.11. The average Bonchev–Trinajstić information content (AvgIpc) is 2.46. The quantitative estimate of drug-likeness (QED) is 0.723. The van der Waals surface area contributed by atoms with Gasteiger partial charge in [-0.05, 0) is 12.1 Å². The van der Waals surface area contributed by atoms with Crippen LogP contribution in [-0.4, -0.2) is 52.8 Å². The minimum absolute atomic E-state index is 0.0344. The van der Waals surface area contributed by atoms with Gasteiger partial charge in [0.15, 0.2) is 0 Å². The van der Waals surface area contributed by atoms with Crippen LogP contribution in [0.3, 0.4) is 0 Å². The SMILES string of the molecule is CC(=O)N1CCN(C(=O)c2ccc(C#N)nc2)CC1. The third kappa shape index (κ3) is 2.88. The molecule has 2 rings (SSSR count). The van der Waals surface area contributed by atoms with Gasteiger partial charge in [-0.2, -0.15) is 5.26 Å². The number of hydrogen-bond donors (Lipinski definition) is 0. The zero-order valence-corrected chi connectivity index (χ0v) is 10.7. The highest BCUT2D eigenvalue weighted by Crippen LogP contribution is 2.08. The first kappa shape index (κ1) is 13.0. The molecule has 1 aliphatic rings. The van der Waals surface area contributed by atoms with Crippen LogP contribution in [0, 0.1) is 11.3 Å². The molecule has 0 aliphatic carbocycles. The minimum Gasteiger partial charge on any atom is -0.339 e. The van der Waals surface area contributed by atoms with Gasteiger partial charge in [0.05, 0.1) is 5.56 Å². The summed E-state index contributed by atoms with van der Waals surface area (Å²) in [5, 5.41) is 8.65. The molecule has 2 amide bonds. The molecule has 0 radical (unpaired) electrons. The second-order valence-corrected chi connectivity index (χ2v) is 4.34. The maximum Gasteiger partial charge on any atom is 0.255 e. The van der Waals surface area contributed by atoms with Gasteiger partial charge in [-0.3, -0.25) is 9.59 Å². The number of nitriles is 1. The van der Waals surface area contributed by atoms with E-state index in [1.807, 2.05) is 6.07 Å². The molecular weight excluding hydrogens is 244 g/mol. The van der Waals surface area contributed by atoms with Gasteiger partial charge in [0, 0.05) is 39.3 Å². The number of amides is 2. The lowest BCUT2D eigenvalue weighted by molar-refractivity contribution is -0.130. The molecule has 0 aromatic carbocycles. The van der Waals surface area contributed by atoms with Crippen LogP contribution >= 0.6 is 0 Å². The fraction of sp³-hybridized carbons (Fsp3) is 0.385. The summed E-state index contributed by atoms with van der Waals surface area (Å²) in [4.78, 5) is 30.7. The number of nitrogens with zero attached hydrogens (tertiary/aromatic N) is 4. The van der Waals surface area contributed by atoms with Gasteiger partial charge in [0.1, 0.15) is 11.8 Å². The fourth-order valence-electron chi connectivity index (χ4n) is 1.99. The van der Waals surface area contributed by atoms with E-state index in [4.69, 9.17) is 5.26 Å². The average molecular weight is 258 g/mol. The van der Waals surface area contributed by atoms with Crippen LogP contribution in [-0.2, 0) is 4.79 Å². The van der Waals surface area contributed by atoms with Crippen molar-refractivity contribution in [2.24, 2.45) is 0 Å². The lowest BCUT2D eigenvalue weighted by Crippen LogP contribution is -2.50. The molecule has 6 heteroatoms. The minimum atomic E-state index is -0.111. The van der Waals surface area contributed by atoms with Gasteiger partial charge >= 0.3 is 0 Å². The Labute approximate surface area is 111 Å². The van der Waals surface area contributed by atoms with Crippen LogP contribution in [0.15, 0.2) is 18.3 Å². The Morgan fingerprint density at radius 3 is 2.32 bits per heavy atom. The van der Waals surface area contributed by atoms with Gasteiger partial charge in [0.2, 0.25) is 5.91 Å². The number of pyridine rings is 1. The Bertz CT molecular complexity index is 525. The summed E-state index contributed by atoms with van der Waals surface area (Å²) in [6.07, 6.45) is 1.41. The smallest absolute Gasteiger partial charge is 0.255 e. The molecule has 2 heterocycles. The molecule has 0 bridgehead atoms. The summed E-state index contributed by atoms with van der Waals surface area (Å²) in [5.74, 6) is -0.0765. The molecule has 0 N–H and O–H groups in total. The summed E-state index contributed by atoms with van der Waals surface area (Å²) < 4.78 is 0. The van der Waals surface area contributed by atoms with Crippen LogP contribution in [0.1, 0.15) is 23.0 Å². The second kappa shape index (κ2) is 5.48. The first-order valence-electron chi connectivity index (χ1n) is 6.03. The van der Waals surface area contributed by atoms with Crippen LogP contribution in [0.5, 0.6) is 0 Å². The lowest BCUT2D eigenvalue weighted by Gasteiger charge is -2.34. The number of carbonyl (C=O) groups is 2. The molecule has 1 saturated heterocycles. The normalized spacial score (nSPS) is 14.9. The van der Waals surface area contributed by atoms with Crippen molar-refractivity contribution < 1.29 is 9.59 Å². The van der Waals surface area contributed by atoms with E-state index in [2.05, 4.69) is 4.98 Å². The molecule has 1 aromatic heterocycles. The van der Waals surface area contributed by atoms with Crippen molar-refractivity contribution in [3.63, 3.8) is 0 Å². The number of rotatable bonds is 1. The lowest BCUT2D eigenvalue weighted by atomic mass is 10.2. The highest BCUT2D eigenvalue weighted by molar-refractivity contribution is 5.94.